The van der Waals surface area contributed by atoms with E-state index < -0.39 is 11.6 Å². The Morgan fingerprint density at radius 2 is 1.79 bits per heavy atom. The Morgan fingerprint density at radius 1 is 1.05 bits per heavy atom. The number of halogens is 2. The molecule has 1 aromatic carbocycles. The van der Waals surface area contributed by atoms with Gasteiger partial charge in [0, 0.05) is 32.2 Å². The van der Waals surface area contributed by atoms with E-state index in [-0.39, 0.29) is 0 Å². The summed E-state index contributed by atoms with van der Waals surface area (Å²) < 4.78 is 26.6. The monoisotopic (exact) mass is 265 g/mol. The third-order valence-corrected chi connectivity index (χ3v) is 3.23. The quantitative estimate of drug-likeness (QED) is 0.892. The second kappa shape index (κ2) is 4.83. The van der Waals surface area contributed by atoms with Gasteiger partial charge in [-0.25, -0.2) is 13.9 Å². The van der Waals surface area contributed by atoms with Crippen molar-refractivity contribution in [2.24, 2.45) is 0 Å². The van der Waals surface area contributed by atoms with E-state index in [1.807, 2.05) is 9.80 Å². The summed E-state index contributed by atoms with van der Waals surface area (Å²) in [5.41, 5.74) is 0.443. The molecular weight excluding hydrogens is 252 g/mol. The summed E-state index contributed by atoms with van der Waals surface area (Å²) in [5.74, 6) is -0.353. The molecule has 0 spiro atoms. The standard InChI is InChI=1S/C12H13F2N5/c13-9-1-2-11(10(14)7-9)18-3-5-19(6-4-18)12-15-8-16-17-12/h1-2,7-8H,3-6H2,(H,15,16,17). The molecule has 0 bridgehead atoms. The molecule has 1 saturated heterocycles. The van der Waals surface area contributed by atoms with Gasteiger partial charge in [-0.15, -0.1) is 0 Å². The number of aromatic nitrogens is 3. The van der Waals surface area contributed by atoms with Crippen molar-refractivity contribution >= 4 is 11.6 Å². The van der Waals surface area contributed by atoms with Gasteiger partial charge in [-0.05, 0) is 12.1 Å². The van der Waals surface area contributed by atoms with E-state index in [0.29, 0.717) is 31.9 Å². The molecule has 1 fully saturated rings. The molecule has 1 aromatic heterocycles. The van der Waals surface area contributed by atoms with Crippen molar-refractivity contribution < 1.29 is 8.78 Å². The van der Waals surface area contributed by atoms with Gasteiger partial charge in [0.2, 0.25) is 5.95 Å². The number of nitrogens with one attached hydrogen (secondary N) is 1. The van der Waals surface area contributed by atoms with Crippen molar-refractivity contribution in [2.45, 2.75) is 0 Å². The van der Waals surface area contributed by atoms with Gasteiger partial charge in [-0.3, -0.25) is 0 Å². The first-order valence-electron chi connectivity index (χ1n) is 6.04. The Morgan fingerprint density at radius 3 is 2.42 bits per heavy atom. The van der Waals surface area contributed by atoms with Gasteiger partial charge >= 0.3 is 0 Å². The largest absolute Gasteiger partial charge is 0.366 e. The van der Waals surface area contributed by atoms with Crippen molar-refractivity contribution in [1.82, 2.24) is 15.2 Å². The summed E-state index contributed by atoms with van der Waals surface area (Å²) in [4.78, 5) is 8.03. The minimum Gasteiger partial charge on any atom is -0.366 e. The topological polar surface area (TPSA) is 48.1 Å². The van der Waals surface area contributed by atoms with E-state index in [4.69, 9.17) is 0 Å². The van der Waals surface area contributed by atoms with Crippen LogP contribution < -0.4 is 9.80 Å². The Balaban J connectivity index is 1.70. The summed E-state index contributed by atoms with van der Waals surface area (Å²) >= 11 is 0. The molecule has 2 aromatic rings. The van der Waals surface area contributed by atoms with Crippen molar-refractivity contribution in [1.29, 1.82) is 0 Å². The van der Waals surface area contributed by atoms with Crippen LogP contribution in [-0.4, -0.2) is 41.4 Å². The van der Waals surface area contributed by atoms with E-state index in [2.05, 4.69) is 15.2 Å². The van der Waals surface area contributed by atoms with Crippen molar-refractivity contribution in [2.75, 3.05) is 36.0 Å². The molecule has 0 amide bonds. The summed E-state index contributed by atoms with van der Waals surface area (Å²) in [6.07, 6.45) is 1.46. The lowest BCUT2D eigenvalue weighted by atomic mass is 10.2. The molecule has 5 nitrogen and oxygen atoms in total. The predicted molar refractivity (Wildman–Crippen MR) is 67.2 cm³/mol. The molecule has 1 N–H and O–H groups in total. The Labute approximate surface area is 108 Å². The smallest absolute Gasteiger partial charge is 0.221 e. The summed E-state index contributed by atoms with van der Waals surface area (Å²) in [5, 5.41) is 6.61. The SMILES string of the molecule is Fc1ccc(N2CCN(c3ncn[nH]3)CC2)c(F)c1. The van der Waals surface area contributed by atoms with E-state index in [9.17, 15) is 8.78 Å². The van der Waals surface area contributed by atoms with Gasteiger partial charge in [0.05, 0.1) is 5.69 Å². The molecule has 19 heavy (non-hydrogen) atoms. The third kappa shape index (κ3) is 2.35. The summed E-state index contributed by atoms with van der Waals surface area (Å²) in [6, 6.07) is 3.67. The van der Waals surface area contributed by atoms with Gasteiger partial charge in [0.1, 0.15) is 18.0 Å². The highest BCUT2D eigenvalue weighted by Crippen LogP contribution is 2.22. The molecule has 0 radical (unpaired) electrons. The lowest BCUT2D eigenvalue weighted by molar-refractivity contribution is 0.569. The molecule has 2 heterocycles. The number of piperazine rings is 1. The first-order valence-corrected chi connectivity index (χ1v) is 6.04. The maximum atomic E-state index is 13.7. The van der Waals surface area contributed by atoms with Crippen LogP contribution in [-0.2, 0) is 0 Å². The average Bonchev–Trinajstić information content (AvgIpc) is 2.93. The number of H-pyrrole nitrogens is 1. The minimum atomic E-state index is -0.554. The second-order valence-corrected chi connectivity index (χ2v) is 4.38. The second-order valence-electron chi connectivity index (χ2n) is 4.38. The van der Waals surface area contributed by atoms with Gasteiger partial charge in [-0.2, -0.15) is 10.1 Å². The van der Waals surface area contributed by atoms with Crippen molar-refractivity contribution in [3.05, 3.63) is 36.2 Å². The number of hydrogen-bond donors (Lipinski definition) is 1. The number of anilines is 2. The number of aromatic amines is 1. The maximum Gasteiger partial charge on any atom is 0.221 e. The molecular formula is C12H13F2N5. The van der Waals surface area contributed by atoms with Crippen LogP contribution in [0, 0.1) is 11.6 Å². The van der Waals surface area contributed by atoms with E-state index >= 15 is 0 Å². The molecule has 100 valence electrons. The van der Waals surface area contributed by atoms with Crippen molar-refractivity contribution in [3.63, 3.8) is 0 Å². The molecule has 0 atom stereocenters. The molecule has 3 rings (SSSR count). The Kier molecular flexibility index (Phi) is 3.02. The van der Waals surface area contributed by atoms with Crippen LogP contribution in [0.4, 0.5) is 20.4 Å². The summed E-state index contributed by atoms with van der Waals surface area (Å²) in [6.45, 7) is 2.74. The number of nitrogens with zero attached hydrogens (tertiary/aromatic N) is 4. The highest BCUT2D eigenvalue weighted by Gasteiger charge is 2.21. The maximum absolute atomic E-state index is 13.7. The molecule has 1 aliphatic heterocycles. The van der Waals surface area contributed by atoms with E-state index in [0.717, 1.165) is 12.0 Å². The first kappa shape index (κ1) is 11.9. The zero-order valence-electron chi connectivity index (χ0n) is 10.2. The average molecular weight is 265 g/mol. The Bertz CT molecular complexity index is 549. The fourth-order valence-corrected chi connectivity index (χ4v) is 2.25. The highest BCUT2D eigenvalue weighted by molar-refractivity contribution is 5.49. The van der Waals surface area contributed by atoms with Gasteiger partial charge < -0.3 is 9.80 Å². The zero-order valence-corrected chi connectivity index (χ0v) is 10.2. The van der Waals surface area contributed by atoms with Crippen LogP contribution in [0.3, 0.4) is 0 Å². The number of rotatable bonds is 2. The molecule has 0 unspecified atom stereocenters. The van der Waals surface area contributed by atoms with Gasteiger partial charge in [-0.1, -0.05) is 0 Å². The lowest BCUT2D eigenvalue weighted by Gasteiger charge is -2.35. The molecule has 0 saturated carbocycles. The van der Waals surface area contributed by atoms with E-state index in [1.54, 1.807) is 0 Å². The molecule has 0 aliphatic carbocycles. The normalized spacial score (nSPS) is 15.9. The predicted octanol–water partition coefficient (Wildman–Crippen LogP) is 1.41. The zero-order chi connectivity index (χ0) is 13.2. The van der Waals surface area contributed by atoms with Crippen LogP contribution in [0.2, 0.25) is 0 Å². The van der Waals surface area contributed by atoms with Gasteiger partial charge in [0.15, 0.2) is 0 Å². The summed E-state index contributed by atoms with van der Waals surface area (Å²) in [7, 11) is 0. The number of benzene rings is 1. The Hall–Kier alpha value is -2.18. The third-order valence-electron chi connectivity index (χ3n) is 3.23. The van der Waals surface area contributed by atoms with Crippen LogP contribution in [0.25, 0.3) is 0 Å². The number of hydrogen-bond acceptors (Lipinski definition) is 4. The molecule has 1 aliphatic rings. The molecule has 7 heteroatoms. The minimum absolute atomic E-state index is 0.443. The van der Waals surface area contributed by atoms with Crippen LogP contribution >= 0.6 is 0 Å². The van der Waals surface area contributed by atoms with Crippen molar-refractivity contribution in [3.8, 4) is 0 Å². The fourth-order valence-electron chi connectivity index (χ4n) is 2.25. The van der Waals surface area contributed by atoms with Crippen LogP contribution in [0.1, 0.15) is 0 Å². The van der Waals surface area contributed by atoms with Crippen LogP contribution in [0.5, 0.6) is 0 Å². The first-order chi connectivity index (χ1) is 9.24. The highest BCUT2D eigenvalue weighted by atomic mass is 19.1. The van der Waals surface area contributed by atoms with Gasteiger partial charge in [0.25, 0.3) is 0 Å². The fraction of sp³-hybridized carbons (Fsp3) is 0.333. The lowest BCUT2D eigenvalue weighted by Crippen LogP contribution is -2.47. The van der Waals surface area contributed by atoms with Crippen LogP contribution in [0.15, 0.2) is 24.5 Å². The van der Waals surface area contributed by atoms with E-state index in [1.165, 1.54) is 18.5 Å².